The number of hydrogen-bond acceptors (Lipinski definition) is 4. The van der Waals surface area contributed by atoms with E-state index in [4.69, 9.17) is 11.6 Å². The summed E-state index contributed by atoms with van der Waals surface area (Å²) in [5, 5.41) is 3.14. The summed E-state index contributed by atoms with van der Waals surface area (Å²) in [6, 6.07) is 10.5. The Morgan fingerprint density at radius 1 is 1.13 bits per heavy atom. The molecule has 30 heavy (non-hydrogen) atoms. The van der Waals surface area contributed by atoms with Crippen molar-refractivity contribution in [2.75, 3.05) is 15.9 Å². The van der Waals surface area contributed by atoms with Crippen molar-refractivity contribution in [2.24, 2.45) is 14.1 Å². The van der Waals surface area contributed by atoms with E-state index in [0.29, 0.717) is 21.9 Å². The molecule has 0 spiro atoms. The Hall–Kier alpha value is -2.78. The Bertz CT molecular complexity index is 1280. The number of amides is 1. The van der Waals surface area contributed by atoms with Crippen molar-refractivity contribution in [3.8, 4) is 0 Å². The Labute approximate surface area is 179 Å². The number of sulfonamides is 1. The molecule has 2 aromatic carbocycles. The first-order chi connectivity index (χ1) is 14.0. The van der Waals surface area contributed by atoms with E-state index >= 15 is 0 Å². The molecule has 1 heterocycles. The summed E-state index contributed by atoms with van der Waals surface area (Å²) in [6.07, 6.45) is 1.30. The van der Waals surface area contributed by atoms with Gasteiger partial charge in [-0.1, -0.05) is 24.6 Å². The van der Waals surface area contributed by atoms with E-state index in [1.54, 1.807) is 57.4 Å². The van der Waals surface area contributed by atoms with Crippen LogP contribution in [0.25, 0.3) is 11.0 Å². The van der Waals surface area contributed by atoms with Crippen molar-refractivity contribution in [2.45, 2.75) is 19.4 Å². The molecule has 0 fully saturated rings. The van der Waals surface area contributed by atoms with E-state index in [9.17, 15) is 18.0 Å². The number of hydrogen-bond donors (Lipinski definition) is 1. The molecule has 0 saturated heterocycles. The van der Waals surface area contributed by atoms with Gasteiger partial charge in [-0.15, -0.1) is 0 Å². The first kappa shape index (κ1) is 21.9. The summed E-state index contributed by atoms with van der Waals surface area (Å²) in [6.45, 7) is 1.73. The number of carbonyl (C=O) groups is 1. The largest absolute Gasteiger partial charge is 0.328 e. The number of nitrogens with zero attached hydrogens (tertiary/aromatic N) is 3. The van der Waals surface area contributed by atoms with Crippen molar-refractivity contribution in [1.82, 2.24) is 9.13 Å². The van der Waals surface area contributed by atoms with Crippen molar-refractivity contribution >= 4 is 49.9 Å². The average molecular weight is 451 g/mol. The van der Waals surface area contributed by atoms with Gasteiger partial charge in [-0.2, -0.15) is 0 Å². The van der Waals surface area contributed by atoms with Gasteiger partial charge in [0, 0.05) is 24.8 Å². The third-order valence-electron chi connectivity index (χ3n) is 4.93. The number of benzene rings is 2. The number of anilines is 2. The minimum Gasteiger partial charge on any atom is -0.324 e. The van der Waals surface area contributed by atoms with Crippen LogP contribution in [0.4, 0.5) is 11.4 Å². The summed E-state index contributed by atoms with van der Waals surface area (Å²) in [5.41, 5.74) is 1.98. The molecule has 10 heteroatoms. The lowest BCUT2D eigenvalue weighted by molar-refractivity contribution is -0.117. The normalized spacial score (nSPS) is 12.7. The lowest BCUT2D eigenvalue weighted by Crippen LogP contribution is -2.47. The van der Waals surface area contributed by atoms with Gasteiger partial charge in [-0.25, -0.2) is 13.2 Å². The van der Waals surface area contributed by atoms with E-state index in [0.717, 1.165) is 16.1 Å². The van der Waals surface area contributed by atoms with Crippen LogP contribution in [0.2, 0.25) is 5.02 Å². The molecular formula is C20H23ClN4O4S. The molecule has 0 saturated carbocycles. The zero-order valence-corrected chi connectivity index (χ0v) is 18.7. The molecular weight excluding hydrogens is 428 g/mol. The molecule has 0 radical (unpaired) electrons. The molecule has 8 nitrogen and oxygen atoms in total. The second-order valence-electron chi connectivity index (χ2n) is 7.06. The first-order valence-corrected chi connectivity index (χ1v) is 11.5. The van der Waals surface area contributed by atoms with Crippen LogP contribution in [-0.4, -0.2) is 35.8 Å². The van der Waals surface area contributed by atoms with Gasteiger partial charge in [-0.3, -0.25) is 18.2 Å². The fourth-order valence-corrected chi connectivity index (χ4v) is 4.87. The van der Waals surface area contributed by atoms with E-state index in [1.807, 2.05) is 0 Å². The van der Waals surface area contributed by atoms with Crippen molar-refractivity contribution in [1.29, 1.82) is 0 Å². The number of imidazole rings is 1. The number of fused-ring (bicyclic) bond motifs is 1. The lowest BCUT2D eigenvalue weighted by atomic mass is 10.1. The van der Waals surface area contributed by atoms with Crippen molar-refractivity contribution in [3.63, 3.8) is 0 Å². The van der Waals surface area contributed by atoms with Gasteiger partial charge in [-0.05, 0) is 42.8 Å². The van der Waals surface area contributed by atoms with Gasteiger partial charge in [0.25, 0.3) is 0 Å². The number of nitrogens with one attached hydrogen (secondary N) is 1. The number of carbonyl (C=O) groups excluding carboxylic acids is 1. The molecule has 1 atom stereocenters. The lowest BCUT2D eigenvalue weighted by Gasteiger charge is -2.30. The molecule has 3 rings (SSSR count). The zero-order valence-electron chi connectivity index (χ0n) is 17.1. The molecule has 0 aliphatic rings. The summed E-state index contributed by atoms with van der Waals surface area (Å²) < 4.78 is 29.1. The van der Waals surface area contributed by atoms with E-state index < -0.39 is 22.0 Å². The molecule has 1 amide bonds. The third kappa shape index (κ3) is 4.08. The van der Waals surface area contributed by atoms with Gasteiger partial charge >= 0.3 is 5.69 Å². The number of rotatable bonds is 6. The standard InChI is InChI=1S/C20H23ClN4O4S/c1-5-16(25(30(4,28)29)15-8-6-7-13(21)11-15)19(26)22-14-9-10-17-18(12-14)24(3)20(27)23(17)2/h6-12,16H,5H2,1-4H3,(H,22,26). The summed E-state index contributed by atoms with van der Waals surface area (Å²) in [4.78, 5) is 25.2. The van der Waals surface area contributed by atoms with Gasteiger partial charge in [0.1, 0.15) is 6.04 Å². The maximum Gasteiger partial charge on any atom is 0.328 e. The highest BCUT2D eigenvalue weighted by Crippen LogP contribution is 2.26. The van der Waals surface area contributed by atoms with Crippen LogP contribution in [0.5, 0.6) is 0 Å². The first-order valence-electron chi connectivity index (χ1n) is 9.26. The van der Waals surface area contributed by atoms with Gasteiger partial charge in [0.15, 0.2) is 0 Å². The molecule has 0 bridgehead atoms. The summed E-state index contributed by atoms with van der Waals surface area (Å²) >= 11 is 6.03. The molecule has 0 aliphatic heterocycles. The third-order valence-corrected chi connectivity index (χ3v) is 6.35. The maximum atomic E-state index is 13.1. The Morgan fingerprint density at radius 2 is 1.80 bits per heavy atom. The topological polar surface area (TPSA) is 93.4 Å². The van der Waals surface area contributed by atoms with Crippen LogP contribution < -0.4 is 15.3 Å². The number of halogens is 1. The second kappa shape index (κ2) is 8.16. The SMILES string of the molecule is CCC(C(=O)Nc1ccc2c(c1)n(C)c(=O)n2C)N(c1cccc(Cl)c1)S(C)(=O)=O. The fourth-order valence-electron chi connectivity index (χ4n) is 3.48. The highest BCUT2D eigenvalue weighted by molar-refractivity contribution is 7.92. The van der Waals surface area contributed by atoms with Gasteiger partial charge < -0.3 is 5.32 Å². The average Bonchev–Trinajstić information content (AvgIpc) is 2.88. The Kier molecular flexibility index (Phi) is 5.96. The van der Waals surface area contributed by atoms with Crippen LogP contribution in [0.15, 0.2) is 47.3 Å². The van der Waals surface area contributed by atoms with E-state index in [-0.39, 0.29) is 12.1 Å². The monoisotopic (exact) mass is 450 g/mol. The maximum absolute atomic E-state index is 13.1. The van der Waals surface area contributed by atoms with E-state index in [2.05, 4.69) is 5.32 Å². The van der Waals surface area contributed by atoms with Gasteiger partial charge in [0.05, 0.1) is 23.0 Å². The van der Waals surface area contributed by atoms with E-state index in [1.165, 1.54) is 15.2 Å². The zero-order chi connectivity index (χ0) is 22.2. The predicted molar refractivity (Wildman–Crippen MR) is 120 cm³/mol. The predicted octanol–water partition coefficient (Wildman–Crippen LogP) is 2.71. The highest BCUT2D eigenvalue weighted by Gasteiger charge is 2.31. The van der Waals surface area contributed by atoms with Crippen LogP contribution in [0.1, 0.15) is 13.3 Å². The summed E-state index contributed by atoms with van der Waals surface area (Å²) in [7, 11) is -0.442. The summed E-state index contributed by atoms with van der Waals surface area (Å²) in [5.74, 6) is -0.483. The fraction of sp³-hybridized carbons (Fsp3) is 0.300. The van der Waals surface area contributed by atoms with Crippen LogP contribution in [0, 0.1) is 0 Å². The molecule has 160 valence electrons. The van der Waals surface area contributed by atoms with Crippen molar-refractivity contribution < 1.29 is 13.2 Å². The van der Waals surface area contributed by atoms with Crippen LogP contribution in [0.3, 0.4) is 0 Å². The Balaban J connectivity index is 1.98. The molecule has 1 N–H and O–H groups in total. The highest BCUT2D eigenvalue weighted by atomic mass is 35.5. The molecule has 0 aliphatic carbocycles. The van der Waals surface area contributed by atoms with Crippen molar-refractivity contribution in [3.05, 3.63) is 58.0 Å². The van der Waals surface area contributed by atoms with Crippen LogP contribution >= 0.6 is 11.6 Å². The van der Waals surface area contributed by atoms with Crippen LogP contribution in [-0.2, 0) is 28.9 Å². The van der Waals surface area contributed by atoms with Gasteiger partial charge in [0.2, 0.25) is 15.9 Å². The smallest absolute Gasteiger partial charge is 0.324 e. The molecule has 1 unspecified atom stereocenters. The minimum absolute atomic E-state index is 0.177. The second-order valence-corrected chi connectivity index (χ2v) is 9.35. The molecule has 3 aromatic rings. The quantitative estimate of drug-likeness (QED) is 0.624. The number of aryl methyl sites for hydroxylation is 2. The molecule has 1 aromatic heterocycles. The number of aromatic nitrogens is 2. The Morgan fingerprint density at radius 3 is 2.40 bits per heavy atom. The minimum atomic E-state index is -3.76.